The number of nitrogens with zero attached hydrogens (tertiary/aromatic N) is 1. The fourth-order valence-corrected chi connectivity index (χ4v) is 5.83. The van der Waals surface area contributed by atoms with E-state index in [1.807, 2.05) is 35.2 Å². The number of benzene rings is 3. The molecular weight excluding hydrogens is 501 g/mol. The van der Waals surface area contributed by atoms with Crippen LogP contribution in [0.15, 0.2) is 71.6 Å². The van der Waals surface area contributed by atoms with E-state index < -0.39 is 11.7 Å². The third-order valence-corrected chi connectivity index (χ3v) is 7.32. The molecular formula is C28H29F3N2OS2. The van der Waals surface area contributed by atoms with Gasteiger partial charge in [-0.2, -0.15) is 13.2 Å². The van der Waals surface area contributed by atoms with Gasteiger partial charge in [-0.15, -0.1) is 0 Å². The Morgan fingerprint density at radius 1 is 1.08 bits per heavy atom. The number of alkyl halides is 3. The minimum atomic E-state index is -4.43. The quantitative estimate of drug-likeness (QED) is 0.308. The van der Waals surface area contributed by atoms with Crippen molar-refractivity contribution in [1.29, 1.82) is 0 Å². The zero-order valence-electron chi connectivity index (χ0n) is 20.4. The second-order valence-electron chi connectivity index (χ2n) is 9.11. The maximum atomic E-state index is 13.3. The lowest BCUT2D eigenvalue weighted by Gasteiger charge is -2.30. The van der Waals surface area contributed by atoms with Crippen LogP contribution < -0.4 is 15.0 Å². The molecule has 0 radical (unpaired) electrons. The first-order valence-corrected chi connectivity index (χ1v) is 13.3. The summed E-state index contributed by atoms with van der Waals surface area (Å²) in [6, 6.07) is 19.2. The molecule has 1 aliphatic heterocycles. The fraction of sp³-hybridized carbons (Fsp3) is 0.321. The van der Waals surface area contributed by atoms with E-state index in [0.29, 0.717) is 23.3 Å². The number of hydrogen-bond donors (Lipinski definition) is 1. The number of nitrogens with one attached hydrogen (secondary N) is 1. The Morgan fingerprint density at radius 3 is 2.56 bits per heavy atom. The van der Waals surface area contributed by atoms with Gasteiger partial charge in [0.2, 0.25) is 0 Å². The van der Waals surface area contributed by atoms with Crippen LogP contribution in [0.4, 0.5) is 24.5 Å². The van der Waals surface area contributed by atoms with Crippen LogP contribution in [0.2, 0.25) is 0 Å². The molecule has 3 aromatic rings. The summed E-state index contributed by atoms with van der Waals surface area (Å²) in [6.45, 7) is 6.95. The van der Waals surface area contributed by atoms with Crippen molar-refractivity contribution in [2.24, 2.45) is 5.92 Å². The van der Waals surface area contributed by atoms with Gasteiger partial charge in [-0.05, 0) is 60.5 Å². The maximum absolute atomic E-state index is 13.3. The van der Waals surface area contributed by atoms with Crippen LogP contribution >= 0.6 is 24.0 Å². The molecule has 4 rings (SSSR count). The summed E-state index contributed by atoms with van der Waals surface area (Å²) in [6.07, 6.45) is -2.56. The monoisotopic (exact) mass is 530 g/mol. The third-order valence-electron chi connectivity index (χ3n) is 5.73. The Hall–Kier alpha value is -2.71. The number of thiocarbonyl (C=S) groups is 1. The molecule has 0 bridgehead atoms. The fourth-order valence-electron chi connectivity index (χ4n) is 4.12. The predicted octanol–water partition coefficient (Wildman–Crippen LogP) is 8.70. The molecule has 0 saturated heterocycles. The summed E-state index contributed by atoms with van der Waals surface area (Å²) in [5.41, 5.74) is 2.62. The zero-order valence-corrected chi connectivity index (χ0v) is 22.1. The van der Waals surface area contributed by atoms with Gasteiger partial charge in [0.05, 0.1) is 17.9 Å². The van der Waals surface area contributed by atoms with Crippen LogP contribution in [-0.2, 0) is 12.6 Å². The summed E-state index contributed by atoms with van der Waals surface area (Å²) in [5, 5.41) is 3.15. The van der Waals surface area contributed by atoms with Crippen molar-refractivity contribution in [3.63, 3.8) is 0 Å². The van der Waals surface area contributed by atoms with Crippen LogP contribution in [0.3, 0.4) is 0 Å². The first-order chi connectivity index (χ1) is 17.2. The van der Waals surface area contributed by atoms with E-state index in [1.54, 1.807) is 17.8 Å². The van der Waals surface area contributed by atoms with Crippen LogP contribution in [0.1, 0.15) is 49.3 Å². The highest BCUT2D eigenvalue weighted by molar-refractivity contribution is 8.00. The molecule has 3 nitrogen and oxygen atoms in total. The Morgan fingerprint density at radius 2 is 1.83 bits per heavy atom. The number of hydrogen-bond acceptors (Lipinski definition) is 3. The summed E-state index contributed by atoms with van der Waals surface area (Å²) in [5.74, 6) is 1.23. The first-order valence-electron chi connectivity index (χ1n) is 12.0. The average molecular weight is 531 g/mol. The second kappa shape index (κ2) is 11.1. The smallest absolute Gasteiger partial charge is 0.416 e. The topological polar surface area (TPSA) is 24.5 Å². The first kappa shape index (κ1) is 26.4. The highest BCUT2D eigenvalue weighted by Gasteiger charge is 2.36. The van der Waals surface area contributed by atoms with Gasteiger partial charge in [0.25, 0.3) is 0 Å². The molecule has 36 heavy (non-hydrogen) atoms. The van der Waals surface area contributed by atoms with Gasteiger partial charge in [-0.25, -0.2) is 0 Å². The van der Waals surface area contributed by atoms with Crippen molar-refractivity contribution < 1.29 is 17.9 Å². The molecule has 1 heterocycles. The summed E-state index contributed by atoms with van der Waals surface area (Å²) in [7, 11) is 0. The van der Waals surface area contributed by atoms with Gasteiger partial charge in [0, 0.05) is 16.1 Å². The van der Waals surface area contributed by atoms with Crippen molar-refractivity contribution in [2.75, 3.05) is 16.8 Å². The molecule has 0 fully saturated rings. The Labute approximate surface area is 220 Å². The SMILES string of the molecule is CCCc1cccc(C2Sc3ccccc3N2C(=S)Nc2cccc(C(F)(F)F)c2)c1OCC(C)C. The van der Waals surface area contributed by atoms with E-state index in [-0.39, 0.29) is 5.37 Å². The van der Waals surface area contributed by atoms with Crippen molar-refractivity contribution in [3.05, 3.63) is 83.4 Å². The van der Waals surface area contributed by atoms with E-state index >= 15 is 0 Å². The van der Waals surface area contributed by atoms with E-state index in [4.69, 9.17) is 17.0 Å². The van der Waals surface area contributed by atoms with Crippen LogP contribution in [-0.4, -0.2) is 11.7 Å². The van der Waals surface area contributed by atoms with Crippen LogP contribution in [0.25, 0.3) is 0 Å². The van der Waals surface area contributed by atoms with E-state index in [0.717, 1.165) is 52.4 Å². The van der Waals surface area contributed by atoms with Gasteiger partial charge >= 0.3 is 6.18 Å². The number of rotatable bonds is 7. The van der Waals surface area contributed by atoms with Crippen LogP contribution in [0, 0.1) is 5.92 Å². The lowest BCUT2D eigenvalue weighted by Crippen LogP contribution is -2.35. The van der Waals surface area contributed by atoms with Crippen molar-refractivity contribution in [2.45, 2.75) is 50.1 Å². The largest absolute Gasteiger partial charge is 0.493 e. The molecule has 1 unspecified atom stereocenters. The third kappa shape index (κ3) is 5.81. The molecule has 1 aliphatic rings. The second-order valence-corrected chi connectivity index (χ2v) is 10.6. The van der Waals surface area contributed by atoms with Crippen molar-refractivity contribution in [1.82, 2.24) is 0 Å². The number of anilines is 2. The summed E-state index contributed by atoms with van der Waals surface area (Å²) < 4.78 is 46.2. The minimum Gasteiger partial charge on any atom is -0.493 e. The highest BCUT2D eigenvalue weighted by atomic mass is 32.2. The predicted molar refractivity (Wildman–Crippen MR) is 146 cm³/mol. The number of aryl methyl sites for hydroxylation is 1. The molecule has 0 spiro atoms. The molecule has 8 heteroatoms. The molecule has 1 atom stereocenters. The lowest BCUT2D eigenvalue weighted by molar-refractivity contribution is -0.137. The molecule has 0 aromatic heterocycles. The average Bonchev–Trinajstić information content (AvgIpc) is 3.22. The zero-order chi connectivity index (χ0) is 25.9. The Kier molecular flexibility index (Phi) is 8.15. The van der Waals surface area contributed by atoms with Gasteiger partial charge in [-0.1, -0.05) is 75.4 Å². The van der Waals surface area contributed by atoms with Gasteiger partial charge in [0.1, 0.15) is 11.1 Å². The summed E-state index contributed by atoms with van der Waals surface area (Å²) >= 11 is 7.46. The molecule has 0 amide bonds. The molecule has 0 saturated carbocycles. The standard InChI is InChI=1S/C28H29F3N2OS2/c1-4-9-19-10-7-13-22(25(19)34-17-18(2)3)26-33(23-14-5-6-15-24(23)36-26)27(35)32-21-12-8-11-20(16-21)28(29,30)31/h5-8,10-16,18,26H,4,9,17H2,1-3H3,(H,32,35). The molecule has 190 valence electrons. The van der Waals surface area contributed by atoms with E-state index in [1.165, 1.54) is 6.07 Å². The Bertz CT molecular complexity index is 1230. The highest BCUT2D eigenvalue weighted by Crippen LogP contribution is 2.53. The van der Waals surface area contributed by atoms with Gasteiger partial charge in [-0.3, -0.25) is 0 Å². The number of thioether (sulfide) groups is 1. The number of para-hydroxylation sites is 2. The van der Waals surface area contributed by atoms with Crippen molar-refractivity contribution >= 4 is 40.5 Å². The van der Waals surface area contributed by atoms with Gasteiger partial charge in [0.15, 0.2) is 5.11 Å². The van der Waals surface area contributed by atoms with Crippen LogP contribution in [0.5, 0.6) is 5.75 Å². The number of ether oxygens (including phenoxy) is 1. The van der Waals surface area contributed by atoms with E-state index in [9.17, 15) is 13.2 Å². The Balaban J connectivity index is 1.73. The minimum absolute atomic E-state index is 0.229. The maximum Gasteiger partial charge on any atom is 0.416 e. The van der Waals surface area contributed by atoms with Crippen molar-refractivity contribution in [3.8, 4) is 5.75 Å². The molecule has 0 aliphatic carbocycles. The number of fused-ring (bicyclic) bond motifs is 1. The summed E-state index contributed by atoms with van der Waals surface area (Å²) in [4.78, 5) is 3.02. The molecule has 1 N–H and O–H groups in total. The van der Waals surface area contributed by atoms with E-state index in [2.05, 4.69) is 38.2 Å². The molecule has 3 aromatic carbocycles. The normalized spacial score (nSPS) is 15.2. The lowest BCUT2D eigenvalue weighted by atomic mass is 10.0. The van der Waals surface area contributed by atoms with Gasteiger partial charge < -0.3 is 15.0 Å². The number of halogens is 3.